The van der Waals surface area contributed by atoms with Crippen molar-refractivity contribution < 1.29 is 23.9 Å². The second-order valence-electron chi connectivity index (χ2n) is 6.31. The lowest BCUT2D eigenvalue weighted by molar-refractivity contribution is -0.139. The molecule has 1 unspecified atom stereocenters. The van der Waals surface area contributed by atoms with E-state index in [4.69, 9.17) is 9.47 Å². The van der Waals surface area contributed by atoms with Gasteiger partial charge in [0.2, 0.25) is 0 Å². The van der Waals surface area contributed by atoms with Crippen molar-refractivity contribution in [1.82, 2.24) is 20.5 Å². The van der Waals surface area contributed by atoms with Crippen LogP contribution in [-0.4, -0.2) is 60.6 Å². The van der Waals surface area contributed by atoms with Crippen LogP contribution in [0.2, 0.25) is 0 Å². The first-order chi connectivity index (χ1) is 14.1. The molecule has 1 aliphatic rings. The third kappa shape index (κ3) is 5.29. The van der Waals surface area contributed by atoms with E-state index in [1.54, 1.807) is 55.9 Å². The standard InChI is InChI=1S/C20H22N4O5/c1-28-16-6-4-15(5-7-16)20(27)24-9-10-29-17(24)13-23-19(26)18(25)22-12-14-3-2-8-21-11-14/h2-8,11,17H,9-10,12-13H2,1H3,(H,22,25)(H,23,26). The molecule has 0 bridgehead atoms. The number of rotatable bonds is 6. The van der Waals surface area contributed by atoms with E-state index in [-0.39, 0.29) is 19.0 Å². The summed E-state index contributed by atoms with van der Waals surface area (Å²) in [5.74, 6) is -1.12. The molecule has 1 saturated heterocycles. The maximum Gasteiger partial charge on any atom is 0.309 e. The highest BCUT2D eigenvalue weighted by Gasteiger charge is 2.31. The molecule has 3 amide bonds. The molecule has 152 valence electrons. The van der Waals surface area contributed by atoms with Crippen molar-refractivity contribution in [3.8, 4) is 5.75 Å². The van der Waals surface area contributed by atoms with E-state index in [1.165, 1.54) is 4.90 Å². The number of hydrogen-bond donors (Lipinski definition) is 2. The van der Waals surface area contributed by atoms with Crippen LogP contribution in [-0.2, 0) is 20.9 Å². The number of ether oxygens (including phenoxy) is 2. The Morgan fingerprint density at radius 3 is 2.62 bits per heavy atom. The molecular weight excluding hydrogens is 376 g/mol. The average Bonchev–Trinajstić information content (AvgIpc) is 3.24. The number of carbonyl (C=O) groups is 3. The zero-order chi connectivity index (χ0) is 20.6. The van der Waals surface area contributed by atoms with Gasteiger partial charge in [-0.25, -0.2) is 0 Å². The summed E-state index contributed by atoms with van der Waals surface area (Å²) in [4.78, 5) is 42.1. The van der Waals surface area contributed by atoms with Crippen molar-refractivity contribution in [3.63, 3.8) is 0 Å². The summed E-state index contributed by atoms with van der Waals surface area (Å²) in [6.45, 7) is 0.970. The van der Waals surface area contributed by atoms with Crippen LogP contribution in [0.25, 0.3) is 0 Å². The normalized spacial score (nSPS) is 15.6. The van der Waals surface area contributed by atoms with Crippen LogP contribution >= 0.6 is 0 Å². The fourth-order valence-corrected chi connectivity index (χ4v) is 2.85. The van der Waals surface area contributed by atoms with Crippen molar-refractivity contribution in [2.45, 2.75) is 12.8 Å². The van der Waals surface area contributed by atoms with Crippen LogP contribution in [0.4, 0.5) is 0 Å². The predicted octanol–water partition coefficient (Wildman–Crippen LogP) is 0.321. The molecule has 9 heteroatoms. The number of methoxy groups -OCH3 is 1. The Morgan fingerprint density at radius 2 is 1.93 bits per heavy atom. The summed E-state index contributed by atoms with van der Waals surface area (Å²) in [5, 5.41) is 5.03. The fraction of sp³-hybridized carbons (Fsp3) is 0.300. The molecule has 0 aliphatic carbocycles. The summed E-state index contributed by atoms with van der Waals surface area (Å²) in [7, 11) is 1.55. The van der Waals surface area contributed by atoms with Gasteiger partial charge in [-0.15, -0.1) is 0 Å². The first-order valence-corrected chi connectivity index (χ1v) is 9.10. The number of amides is 3. The van der Waals surface area contributed by atoms with Gasteiger partial charge in [-0.3, -0.25) is 19.4 Å². The Labute approximate surface area is 168 Å². The molecule has 1 aromatic carbocycles. The van der Waals surface area contributed by atoms with Crippen LogP contribution < -0.4 is 15.4 Å². The van der Waals surface area contributed by atoms with Crippen LogP contribution in [0.1, 0.15) is 15.9 Å². The molecule has 1 aromatic heterocycles. The van der Waals surface area contributed by atoms with Gasteiger partial charge < -0.3 is 25.0 Å². The lowest BCUT2D eigenvalue weighted by Gasteiger charge is -2.23. The van der Waals surface area contributed by atoms with Gasteiger partial charge in [0.15, 0.2) is 0 Å². The van der Waals surface area contributed by atoms with E-state index < -0.39 is 18.0 Å². The maximum atomic E-state index is 12.7. The number of benzene rings is 1. The predicted molar refractivity (Wildman–Crippen MR) is 103 cm³/mol. The number of pyridine rings is 1. The van der Waals surface area contributed by atoms with Gasteiger partial charge in [0.25, 0.3) is 5.91 Å². The van der Waals surface area contributed by atoms with E-state index in [0.717, 1.165) is 5.56 Å². The van der Waals surface area contributed by atoms with Crippen LogP contribution in [0.3, 0.4) is 0 Å². The molecule has 29 heavy (non-hydrogen) atoms. The van der Waals surface area contributed by atoms with Crippen molar-refractivity contribution in [2.75, 3.05) is 26.8 Å². The molecule has 3 rings (SSSR count). The monoisotopic (exact) mass is 398 g/mol. The summed E-state index contributed by atoms with van der Waals surface area (Å²) < 4.78 is 10.6. The lowest BCUT2D eigenvalue weighted by Crippen LogP contribution is -2.47. The number of hydrogen-bond acceptors (Lipinski definition) is 6. The highest BCUT2D eigenvalue weighted by Crippen LogP contribution is 2.17. The molecule has 1 fully saturated rings. The SMILES string of the molecule is COc1ccc(C(=O)N2CCOC2CNC(=O)C(=O)NCc2cccnc2)cc1. The molecule has 0 saturated carbocycles. The lowest BCUT2D eigenvalue weighted by atomic mass is 10.2. The molecule has 0 spiro atoms. The summed E-state index contributed by atoms with van der Waals surface area (Å²) in [5.41, 5.74) is 1.27. The first-order valence-electron chi connectivity index (χ1n) is 9.10. The second kappa shape index (κ2) is 9.65. The Morgan fingerprint density at radius 1 is 1.17 bits per heavy atom. The van der Waals surface area contributed by atoms with Crippen molar-refractivity contribution in [3.05, 3.63) is 59.9 Å². The second-order valence-corrected chi connectivity index (χ2v) is 6.31. The Kier molecular flexibility index (Phi) is 6.75. The average molecular weight is 398 g/mol. The van der Waals surface area contributed by atoms with Crippen molar-refractivity contribution in [1.29, 1.82) is 0 Å². The third-order valence-corrected chi connectivity index (χ3v) is 4.41. The molecule has 2 heterocycles. The summed E-state index contributed by atoms with van der Waals surface area (Å²) >= 11 is 0. The third-order valence-electron chi connectivity index (χ3n) is 4.41. The van der Waals surface area contributed by atoms with Gasteiger partial charge in [0, 0.05) is 31.0 Å². The first kappa shape index (κ1) is 20.3. The topological polar surface area (TPSA) is 110 Å². The highest BCUT2D eigenvalue weighted by molar-refractivity contribution is 6.35. The Bertz CT molecular complexity index is 857. The largest absolute Gasteiger partial charge is 0.497 e. The zero-order valence-electron chi connectivity index (χ0n) is 16.0. The number of aromatic nitrogens is 1. The van der Waals surface area contributed by atoms with Crippen molar-refractivity contribution in [2.24, 2.45) is 0 Å². The fourth-order valence-electron chi connectivity index (χ4n) is 2.85. The Balaban J connectivity index is 1.50. The molecule has 1 atom stereocenters. The molecule has 1 aliphatic heterocycles. The smallest absolute Gasteiger partial charge is 0.309 e. The van der Waals surface area contributed by atoms with Crippen LogP contribution in [0, 0.1) is 0 Å². The number of nitrogens with one attached hydrogen (secondary N) is 2. The summed E-state index contributed by atoms with van der Waals surface area (Å²) in [6.07, 6.45) is 2.59. The van der Waals surface area contributed by atoms with Gasteiger partial charge in [-0.1, -0.05) is 6.07 Å². The van der Waals surface area contributed by atoms with E-state index in [9.17, 15) is 14.4 Å². The molecular formula is C20H22N4O5. The molecule has 0 radical (unpaired) electrons. The van der Waals surface area contributed by atoms with Crippen molar-refractivity contribution >= 4 is 17.7 Å². The van der Waals surface area contributed by atoms with Gasteiger partial charge in [0.05, 0.1) is 20.3 Å². The van der Waals surface area contributed by atoms with Gasteiger partial charge >= 0.3 is 11.8 Å². The van der Waals surface area contributed by atoms with E-state index in [0.29, 0.717) is 24.5 Å². The van der Waals surface area contributed by atoms with E-state index >= 15 is 0 Å². The van der Waals surface area contributed by atoms with Gasteiger partial charge in [-0.2, -0.15) is 0 Å². The summed E-state index contributed by atoms with van der Waals surface area (Å²) in [6, 6.07) is 10.3. The molecule has 2 N–H and O–H groups in total. The highest BCUT2D eigenvalue weighted by atomic mass is 16.5. The minimum Gasteiger partial charge on any atom is -0.497 e. The minimum absolute atomic E-state index is 0.0149. The Hall–Kier alpha value is -3.46. The minimum atomic E-state index is -0.791. The molecule has 9 nitrogen and oxygen atoms in total. The van der Waals surface area contributed by atoms with Gasteiger partial charge in [-0.05, 0) is 35.9 Å². The van der Waals surface area contributed by atoms with Gasteiger partial charge in [0.1, 0.15) is 12.0 Å². The number of carbonyl (C=O) groups excluding carboxylic acids is 3. The van der Waals surface area contributed by atoms with E-state index in [1.807, 2.05) is 0 Å². The van der Waals surface area contributed by atoms with E-state index in [2.05, 4.69) is 15.6 Å². The maximum absolute atomic E-state index is 12.7. The zero-order valence-corrected chi connectivity index (χ0v) is 16.0. The molecule has 2 aromatic rings. The quantitative estimate of drug-likeness (QED) is 0.679. The van der Waals surface area contributed by atoms with Crippen LogP contribution in [0.15, 0.2) is 48.8 Å². The number of nitrogens with zero attached hydrogens (tertiary/aromatic N) is 2. The van der Waals surface area contributed by atoms with Crippen LogP contribution in [0.5, 0.6) is 5.75 Å².